The number of nitrogens with two attached hydrogens (primary N) is 1. The van der Waals surface area contributed by atoms with Gasteiger partial charge in [-0.05, 0) is 30.2 Å². The Hall–Kier alpha value is -2.86. The topological polar surface area (TPSA) is 123 Å². The van der Waals surface area contributed by atoms with Crippen LogP contribution in [0.5, 0.6) is 5.88 Å². The Labute approximate surface area is 159 Å². The highest BCUT2D eigenvalue weighted by Crippen LogP contribution is 2.18. The predicted octanol–water partition coefficient (Wildman–Crippen LogP) is 2.03. The Bertz CT molecular complexity index is 901. The Morgan fingerprint density at radius 2 is 1.82 bits per heavy atom. The van der Waals surface area contributed by atoms with E-state index in [1.54, 1.807) is 12.1 Å². The van der Waals surface area contributed by atoms with E-state index in [0.29, 0.717) is 6.42 Å². The van der Waals surface area contributed by atoms with Crippen LogP contribution in [-0.4, -0.2) is 38.8 Å². The summed E-state index contributed by atoms with van der Waals surface area (Å²) in [5.74, 6) is -0.216. The molecule has 1 aromatic heterocycles. The van der Waals surface area contributed by atoms with E-state index in [1.165, 1.54) is 24.3 Å². The highest BCUT2D eigenvalue weighted by molar-refractivity contribution is 7.89. The molecule has 28 heavy (non-hydrogen) atoms. The van der Waals surface area contributed by atoms with Gasteiger partial charge in [-0.2, -0.15) is 13.2 Å². The van der Waals surface area contributed by atoms with Crippen molar-refractivity contribution in [2.45, 2.75) is 17.5 Å². The smallest absolute Gasteiger partial charge is 0.422 e. The van der Waals surface area contributed by atoms with E-state index in [2.05, 4.69) is 20.4 Å². The highest BCUT2D eigenvalue weighted by Gasteiger charge is 2.28. The van der Waals surface area contributed by atoms with Gasteiger partial charge in [0, 0.05) is 12.6 Å². The Morgan fingerprint density at radius 3 is 2.36 bits per heavy atom. The van der Waals surface area contributed by atoms with Crippen LogP contribution in [0.25, 0.3) is 0 Å². The van der Waals surface area contributed by atoms with Crippen molar-refractivity contribution in [2.24, 2.45) is 5.14 Å². The second-order valence-corrected chi connectivity index (χ2v) is 7.17. The van der Waals surface area contributed by atoms with Gasteiger partial charge in [-0.3, -0.25) is 0 Å². The number of urea groups is 1. The van der Waals surface area contributed by atoms with Gasteiger partial charge in [0.1, 0.15) is 0 Å². The summed E-state index contributed by atoms with van der Waals surface area (Å²) in [6.07, 6.45) is -2.85. The Morgan fingerprint density at radius 1 is 1.14 bits per heavy atom. The van der Waals surface area contributed by atoms with Gasteiger partial charge in [0.2, 0.25) is 15.9 Å². The number of ether oxygens (including phenoxy) is 1. The summed E-state index contributed by atoms with van der Waals surface area (Å²) < 4.78 is 63.0. The first-order chi connectivity index (χ1) is 13.0. The zero-order valence-corrected chi connectivity index (χ0v) is 15.2. The van der Waals surface area contributed by atoms with Gasteiger partial charge in [0.05, 0.1) is 16.8 Å². The van der Waals surface area contributed by atoms with E-state index in [9.17, 15) is 26.4 Å². The summed E-state index contributed by atoms with van der Waals surface area (Å²) in [6, 6.07) is 7.94. The quantitative estimate of drug-likeness (QED) is 0.635. The molecular weight excluding hydrogens is 401 g/mol. The number of hydrogen-bond donors (Lipinski definition) is 3. The summed E-state index contributed by atoms with van der Waals surface area (Å²) in [6.45, 7) is -1.19. The number of sulfonamides is 1. The molecule has 0 saturated carbocycles. The number of amides is 2. The SMILES string of the molecule is NS(=O)(=O)c1ccc(CCNC(=O)Nc2ccc(OCC(F)(F)F)nc2)cc1. The first kappa shape index (κ1) is 21.4. The van der Waals surface area contributed by atoms with E-state index in [1.807, 2.05) is 0 Å². The van der Waals surface area contributed by atoms with E-state index >= 15 is 0 Å². The Balaban J connectivity index is 1.76. The average Bonchev–Trinajstić information content (AvgIpc) is 2.60. The standard InChI is InChI=1S/C16H17F3N4O4S/c17-16(18,19)10-27-14-6-3-12(9-22-14)23-15(24)21-8-7-11-1-4-13(5-2-11)28(20,25)26/h1-6,9H,7-8,10H2,(H2,20,25,26)(H2,21,23,24). The molecule has 2 amide bonds. The number of aromatic nitrogens is 1. The number of carbonyl (C=O) groups excluding carboxylic acids is 1. The van der Waals surface area contributed by atoms with Gasteiger partial charge < -0.3 is 15.4 Å². The van der Waals surface area contributed by atoms with Crippen LogP contribution in [0.4, 0.5) is 23.7 Å². The van der Waals surface area contributed by atoms with Gasteiger partial charge in [-0.25, -0.2) is 23.3 Å². The summed E-state index contributed by atoms with van der Waals surface area (Å²) in [5.41, 5.74) is 1.06. The van der Waals surface area contributed by atoms with E-state index in [-0.39, 0.29) is 23.0 Å². The number of halogens is 3. The molecule has 0 fully saturated rings. The molecule has 12 heteroatoms. The average molecular weight is 418 g/mol. The van der Waals surface area contributed by atoms with Crippen LogP contribution < -0.4 is 20.5 Å². The molecule has 0 aliphatic heterocycles. The predicted molar refractivity (Wildman–Crippen MR) is 94.3 cm³/mol. The second-order valence-electron chi connectivity index (χ2n) is 5.61. The number of alkyl halides is 3. The molecule has 0 spiro atoms. The molecule has 0 aliphatic rings. The molecule has 1 heterocycles. The van der Waals surface area contributed by atoms with Crippen LogP contribution in [0.2, 0.25) is 0 Å². The third kappa shape index (κ3) is 7.40. The Kier molecular flexibility index (Phi) is 6.80. The maximum atomic E-state index is 12.1. The lowest BCUT2D eigenvalue weighted by Crippen LogP contribution is -2.30. The third-order valence-electron chi connectivity index (χ3n) is 3.33. The van der Waals surface area contributed by atoms with Crippen LogP contribution in [0, 0.1) is 0 Å². The number of nitrogens with zero attached hydrogens (tertiary/aromatic N) is 1. The molecule has 0 radical (unpaired) electrons. The van der Waals surface area contributed by atoms with Crippen LogP contribution >= 0.6 is 0 Å². The summed E-state index contributed by atoms with van der Waals surface area (Å²) >= 11 is 0. The first-order valence-electron chi connectivity index (χ1n) is 7.85. The van der Waals surface area contributed by atoms with Crippen molar-refractivity contribution in [2.75, 3.05) is 18.5 Å². The number of rotatable bonds is 7. The highest BCUT2D eigenvalue weighted by atomic mass is 32.2. The molecule has 0 unspecified atom stereocenters. The molecule has 2 rings (SSSR count). The number of primary sulfonamides is 1. The molecule has 4 N–H and O–H groups in total. The number of benzene rings is 1. The van der Waals surface area contributed by atoms with Crippen LogP contribution in [0.1, 0.15) is 5.56 Å². The second kappa shape index (κ2) is 8.89. The minimum atomic E-state index is -4.46. The minimum Gasteiger partial charge on any atom is -0.468 e. The lowest BCUT2D eigenvalue weighted by atomic mass is 10.1. The van der Waals surface area contributed by atoms with Crippen molar-refractivity contribution in [3.05, 3.63) is 48.2 Å². The fourth-order valence-corrected chi connectivity index (χ4v) is 2.55. The van der Waals surface area contributed by atoms with Crippen LogP contribution in [-0.2, 0) is 16.4 Å². The fraction of sp³-hybridized carbons (Fsp3) is 0.250. The number of carbonyl (C=O) groups is 1. The zero-order chi connectivity index (χ0) is 20.8. The lowest BCUT2D eigenvalue weighted by Gasteiger charge is -2.10. The molecule has 2 aromatic rings. The number of pyridine rings is 1. The first-order valence-corrected chi connectivity index (χ1v) is 9.40. The summed E-state index contributed by atoms with van der Waals surface area (Å²) in [4.78, 5) is 15.5. The monoisotopic (exact) mass is 418 g/mol. The van der Waals surface area contributed by atoms with E-state index in [0.717, 1.165) is 11.8 Å². The summed E-state index contributed by atoms with van der Waals surface area (Å²) in [7, 11) is -3.75. The fourth-order valence-electron chi connectivity index (χ4n) is 2.04. The van der Waals surface area contributed by atoms with Crippen molar-refractivity contribution in [3.8, 4) is 5.88 Å². The molecule has 8 nitrogen and oxygen atoms in total. The number of hydrogen-bond acceptors (Lipinski definition) is 5. The molecule has 152 valence electrons. The van der Waals surface area contributed by atoms with Crippen molar-refractivity contribution in [1.82, 2.24) is 10.3 Å². The largest absolute Gasteiger partial charge is 0.468 e. The van der Waals surface area contributed by atoms with Crippen LogP contribution in [0.3, 0.4) is 0 Å². The van der Waals surface area contributed by atoms with Crippen molar-refractivity contribution >= 4 is 21.7 Å². The molecular formula is C16H17F3N4O4S. The van der Waals surface area contributed by atoms with Crippen molar-refractivity contribution in [3.63, 3.8) is 0 Å². The van der Waals surface area contributed by atoms with Gasteiger partial charge in [0.15, 0.2) is 6.61 Å². The zero-order valence-electron chi connectivity index (χ0n) is 14.4. The van der Waals surface area contributed by atoms with Gasteiger partial charge >= 0.3 is 12.2 Å². The van der Waals surface area contributed by atoms with Gasteiger partial charge in [-0.1, -0.05) is 12.1 Å². The van der Waals surface area contributed by atoms with Crippen LogP contribution in [0.15, 0.2) is 47.5 Å². The molecule has 1 aromatic carbocycles. The normalized spacial score (nSPS) is 11.7. The molecule has 0 bridgehead atoms. The van der Waals surface area contributed by atoms with Gasteiger partial charge in [0.25, 0.3) is 0 Å². The molecule has 0 atom stereocenters. The number of anilines is 1. The van der Waals surface area contributed by atoms with Crippen molar-refractivity contribution in [1.29, 1.82) is 0 Å². The maximum Gasteiger partial charge on any atom is 0.422 e. The maximum absolute atomic E-state index is 12.1. The third-order valence-corrected chi connectivity index (χ3v) is 4.26. The van der Waals surface area contributed by atoms with E-state index in [4.69, 9.17) is 5.14 Å². The molecule has 0 aliphatic carbocycles. The van der Waals surface area contributed by atoms with Gasteiger partial charge in [-0.15, -0.1) is 0 Å². The van der Waals surface area contributed by atoms with E-state index < -0.39 is 28.8 Å². The molecule has 0 saturated heterocycles. The van der Waals surface area contributed by atoms with Crippen molar-refractivity contribution < 1.29 is 31.1 Å². The number of nitrogens with one attached hydrogen (secondary N) is 2. The summed E-state index contributed by atoms with van der Waals surface area (Å²) in [5, 5.41) is 10.1. The minimum absolute atomic E-state index is 0.00267. The lowest BCUT2D eigenvalue weighted by molar-refractivity contribution is -0.154.